The van der Waals surface area contributed by atoms with Crippen molar-refractivity contribution in [2.24, 2.45) is 5.41 Å². The van der Waals surface area contributed by atoms with Crippen LogP contribution in [-0.4, -0.2) is 23.1 Å². The molecule has 0 aliphatic carbocycles. The van der Waals surface area contributed by atoms with Gasteiger partial charge in [0, 0.05) is 24.6 Å². The predicted octanol–water partition coefficient (Wildman–Crippen LogP) is 3.37. The normalized spacial score (nSPS) is 18.6. The molecule has 1 fully saturated rings. The van der Waals surface area contributed by atoms with Gasteiger partial charge in [0.15, 0.2) is 0 Å². The van der Waals surface area contributed by atoms with Gasteiger partial charge < -0.3 is 10.6 Å². The Morgan fingerprint density at radius 3 is 2.40 bits per heavy atom. The SMILES string of the molecule is CCC1(CC)CCN(c2cc(N)nc(C(C)(C)C)n2)C1. The fourth-order valence-electron chi connectivity index (χ4n) is 2.91. The zero-order valence-corrected chi connectivity index (χ0v) is 13.5. The molecule has 1 saturated heterocycles. The lowest BCUT2D eigenvalue weighted by Crippen LogP contribution is -2.28. The summed E-state index contributed by atoms with van der Waals surface area (Å²) in [4.78, 5) is 11.5. The zero-order chi connectivity index (χ0) is 15.0. The summed E-state index contributed by atoms with van der Waals surface area (Å²) in [6, 6.07) is 1.91. The van der Waals surface area contributed by atoms with E-state index in [1.54, 1.807) is 0 Å². The van der Waals surface area contributed by atoms with Crippen molar-refractivity contribution in [3.8, 4) is 0 Å². The first kappa shape index (κ1) is 15.1. The van der Waals surface area contributed by atoms with Crippen LogP contribution in [0.2, 0.25) is 0 Å². The van der Waals surface area contributed by atoms with Gasteiger partial charge in [0.25, 0.3) is 0 Å². The quantitative estimate of drug-likeness (QED) is 0.919. The molecule has 0 amide bonds. The van der Waals surface area contributed by atoms with E-state index in [1.165, 1.54) is 19.3 Å². The van der Waals surface area contributed by atoms with Gasteiger partial charge >= 0.3 is 0 Å². The van der Waals surface area contributed by atoms with Crippen LogP contribution in [0.3, 0.4) is 0 Å². The summed E-state index contributed by atoms with van der Waals surface area (Å²) in [6.07, 6.45) is 3.70. The molecule has 0 aromatic carbocycles. The summed E-state index contributed by atoms with van der Waals surface area (Å²) in [6.45, 7) is 13.1. The number of rotatable bonds is 3. The number of anilines is 2. The van der Waals surface area contributed by atoms with Gasteiger partial charge in [-0.2, -0.15) is 0 Å². The Bertz CT molecular complexity index is 472. The maximum atomic E-state index is 5.98. The van der Waals surface area contributed by atoms with Crippen LogP contribution in [0.5, 0.6) is 0 Å². The largest absolute Gasteiger partial charge is 0.384 e. The molecule has 0 radical (unpaired) electrons. The molecular weight excluding hydrogens is 248 g/mol. The second-order valence-electron chi connectivity index (χ2n) is 7.10. The summed E-state index contributed by atoms with van der Waals surface area (Å²) in [5.41, 5.74) is 6.35. The molecule has 0 atom stereocenters. The maximum Gasteiger partial charge on any atom is 0.138 e. The third-order valence-corrected chi connectivity index (χ3v) is 4.67. The minimum Gasteiger partial charge on any atom is -0.384 e. The maximum absolute atomic E-state index is 5.98. The third-order valence-electron chi connectivity index (χ3n) is 4.67. The highest BCUT2D eigenvalue weighted by Gasteiger charge is 2.35. The van der Waals surface area contributed by atoms with Crippen LogP contribution < -0.4 is 10.6 Å². The molecule has 1 aliphatic rings. The van der Waals surface area contributed by atoms with E-state index < -0.39 is 0 Å². The molecule has 2 N–H and O–H groups in total. The Balaban J connectivity index is 2.29. The van der Waals surface area contributed by atoms with Gasteiger partial charge in [-0.1, -0.05) is 34.6 Å². The molecule has 2 heterocycles. The van der Waals surface area contributed by atoms with Crippen LogP contribution >= 0.6 is 0 Å². The molecular formula is C16H28N4. The standard InChI is InChI=1S/C16H28N4/c1-6-16(7-2)8-9-20(11-16)13-10-12(17)18-14(19-13)15(3,4)5/h10H,6-9,11H2,1-5H3,(H2,17,18,19). The van der Waals surface area contributed by atoms with Gasteiger partial charge in [-0.15, -0.1) is 0 Å². The number of nitrogens with two attached hydrogens (primary N) is 1. The van der Waals surface area contributed by atoms with Crippen molar-refractivity contribution >= 4 is 11.6 Å². The average Bonchev–Trinajstić information content (AvgIpc) is 2.82. The first-order valence-electron chi connectivity index (χ1n) is 7.69. The molecule has 20 heavy (non-hydrogen) atoms. The molecule has 0 bridgehead atoms. The number of nitrogen functional groups attached to an aromatic ring is 1. The second-order valence-corrected chi connectivity index (χ2v) is 7.10. The van der Waals surface area contributed by atoms with Crippen molar-refractivity contribution < 1.29 is 0 Å². The molecule has 0 spiro atoms. The highest BCUT2D eigenvalue weighted by Crippen LogP contribution is 2.39. The van der Waals surface area contributed by atoms with Crippen molar-refractivity contribution in [3.63, 3.8) is 0 Å². The fraction of sp³-hybridized carbons (Fsp3) is 0.750. The summed E-state index contributed by atoms with van der Waals surface area (Å²) < 4.78 is 0. The van der Waals surface area contributed by atoms with E-state index in [-0.39, 0.29) is 5.41 Å². The fourth-order valence-corrected chi connectivity index (χ4v) is 2.91. The molecule has 1 aliphatic heterocycles. The summed E-state index contributed by atoms with van der Waals surface area (Å²) in [5, 5.41) is 0. The van der Waals surface area contributed by atoms with Crippen molar-refractivity contribution in [1.82, 2.24) is 9.97 Å². The van der Waals surface area contributed by atoms with E-state index in [4.69, 9.17) is 10.7 Å². The van der Waals surface area contributed by atoms with E-state index in [0.29, 0.717) is 11.2 Å². The first-order chi connectivity index (χ1) is 9.29. The van der Waals surface area contributed by atoms with Crippen LogP contribution in [0.1, 0.15) is 59.7 Å². The van der Waals surface area contributed by atoms with Crippen LogP contribution in [0.4, 0.5) is 11.6 Å². The van der Waals surface area contributed by atoms with Gasteiger partial charge in [0.05, 0.1) is 0 Å². The molecule has 4 heteroatoms. The molecule has 1 aromatic heterocycles. The highest BCUT2D eigenvalue weighted by molar-refractivity contribution is 5.48. The number of nitrogens with zero attached hydrogens (tertiary/aromatic N) is 3. The van der Waals surface area contributed by atoms with E-state index in [0.717, 1.165) is 24.7 Å². The van der Waals surface area contributed by atoms with Crippen LogP contribution in [0.15, 0.2) is 6.07 Å². The number of hydrogen-bond acceptors (Lipinski definition) is 4. The number of aromatic nitrogens is 2. The van der Waals surface area contributed by atoms with E-state index in [2.05, 4.69) is 44.5 Å². The predicted molar refractivity (Wildman–Crippen MR) is 85.0 cm³/mol. The monoisotopic (exact) mass is 276 g/mol. The Morgan fingerprint density at radius 1 is 1.25 bits per heavy atom. The molecule has 2 rings (SSSR count). The molecule has 112 valence electrons. The lowest BCUT2D eigenvalue weighted by atomic mass is 9.82. The third kappa shape index (κ3) is 2.89. The molecule has 4 nitrogen and oxygen atoms in total. The van der Waals surface area contributed by atoms with Gasteiger partial charge in [0.2, 0.25) is 0 Å². The minimum absolute atomic E-state index is 0.0730. The Labute approximate surface area is 122 Å². The smallest absolute Gasteiger partial charge is 0.138 e. The van der Waals surface area contributed by atoms with Crippen molar-refractivity contribution in [1.29, 1.82) is 0 Å². The molecule has 0 saturated carbocycles. The summed E-state index contributed by atoms with van der Waals surface area (Å²) in [7, 11) is 0. The summed E-state index contributed by atoms with van der Waals surface area (Å²) in [5.74, 6) is 2.40. The van der Waals surface area contributed by atoms with Crippen LogP contribution in [-0.2, 0) is 5.41 Å². The highest BCUT2D eigenvalue weighted by atomic mass is 15.2. The zero-order valence-electron chi connectivity index (χ0n) is 13.5. The first-order valence-corrected chi connectivity index (χ1v) is 7.69. The van der Waals surface area contributed by atoms with E-state index in [9.17, 15) is 0 Å². The van der Waals surface area contributed by atoms with Crippen molar-refractivity contribution in [3.05, 3.63) is 11.9 Å². The Morgan fingerprint density at radius 2 is 1.90 bits per heavy atom. The molecule has 0 unspecified atom stereocenters. The van der Waals surface area contributed by atoms with Gasteiger partial charge in [0.1, 0.15) is 17.5 Å². The van der Waals surface area contributed by atoms with Crippen molar-refractivity contribution in [2.45, 2.75) is 59.3 Å². The topological polar surface area (TPSA) is 55.0 Å². The average molecular weight is 276 g/mol. The second kappa shape index (κ2) is 5.23. The lowest BCUT2D eigenvalue weighted by Gasteiger charge is -2.27. The Kier molecular flexibility index (Phi) is 3.94. The Hall–Kier alpha value is -1.32. The van der Waals surface area contributed by atoms with Gasteiger partial charge in [-0.3, -0.25) is 0 Å². The van der Waals surface area contributed by atoms with Crippen LogP contribution in [0, 0.1) is 5.41 Å². The number of hydrogen-bond donors (Lipinski definition) is 1. The molecule has 1 aromatic rings. The van der Waals surface area contributed by atoms with E-state index in [1.807, 2.05) is 6.07 Å². The van der Waals surface area contributed by atoms with Crippen LogP contribution in [0.25, 0.3) is 0 Å². The van der Waals surface area contributed by atoms with Gasteiger partial charge in [-0.25, -0.2) is 9.97 Å². The summed E-state index contributed by atoms with van der Waals surface area (Å²) >= 11 is 0. The minimum atomic E-state index is -0.0730. The van der Waals surface area contributed by atoms with Gasteiger partial charge in [-0.05, 0) is 24.7 Å². The lowest BCUT2D eigenvalue weighted by molar-refractivity contribution is 0.301. The van der Waals surface area contributed by atoms with Crippen molar-refractivity contribution in [2.75, 3.05) is 23.7 Å². The van der Waals surface area contributed by atoms with E-state index >= 15 is 0 Å².